The van der Waals surface area contributed by atoms with E-state index in [2.05, 4.69) is 82.6 Å². The maximum Gasteiger partial charge on any atom is 0.112 e. The number of rotatable bonds is 5. The van der Waals surface area contributed by atoms with Crippen LogP contribution in [0.2, 0.25) is 0 Å². The maximum atomic E-state index is 6.11. The number of halogens is 1. The zero-order valence-corrected chi connectivity index (χ0v) is 21.2. The van der Waals surface area contributed by atoms with Gasteiger partial charge in [-0.3, -0.25) is 0 Å². The molecule has 1 aliphatic heterocycles. The average Bonchev–Trinajstić information content (AvgIpc) is 3.33. The zero-order chi connectivity index (χ0) is 22.4. The lowest BCUT2D eigenvalue weighted by Gasteiger charge is -2.40. The molecule has 0 spiro atoms. The van der Waals surface area contributed by atoms with Crippen LogP contribution in [0, 0.1) is 12.8 Å². The number of piperidine rings is 1. The predicted octanol–water partition coefficient (Wildman–Crippen LogP) is 5.91. The third-order valence-corrected chi connectivity index (χ3v) is 7.83. The number of hydrogen-bond acceptors (Lipinski definition) is 3. The topological polar surface area (TPSA) is 30.3 Å². The Balaban J connectivity index is 1.34. The van der Waals surface area contributed by atoms with Crippen LogP contribution in [0.5, 0.6) is 0 Å². The number of benzene rings is 2. The molecule has 5 rings (SSSR count). The first kappa shape index (κ1) is 22.1. The van der Waals surface area contributed by atoms with Crippen molar-refractivity contribution < 1.29 is 4.74 Å². The molecule has 1 unspecified atom stereocenters. The number of fused-ring (bicyclic) bond motifs is 2. The Kier molecular flexibility index (Phi) is 6.17. The van der Waals surface area contributed by atoms with Gasteiger partial charge in [0, 0.05) is 37.1 Å². The SMILES string of the molecule is CO[C@H]1CN(CC2Cc3ccc(Br)cc3C2)CC[C@@H]1n1c(C(C)C)nc2cc(C)ccc21. The summed E-state index contributed by atoms with van der Waals surface area (Å²) in [5.41, 5.74) is 6.67. The van der Waals surface area contributed by atoms with Gasteiger partial charge in [0.05, 0.1) is 23.2 Å². The van der Waals surface area contributed by atoms with Crippen LogP contribution < -0.4 is 0 Å². The van der Waals surface area contributed by atoms with Crippen LogP contribution in [-0.2, 0) is 17.6 Å². The van der Waals surface area contributed by atoms with Gasteiger partial charge in [0.25, 0.3) is 0 Å². The highest BCUT2D eigenvalue weighted by molar-refractivity contribution is 9.10. The Morgan fingerprint density at radius 3 is 2.72 bits per heavy atom. The highest BCUT2D eigenvalue weighted by atomic mass is 79.9. The lowest BCUT2D eigenvalue weighted by molar-refractivity contribution is -0.00966. The number of aryl methyl sites for hydroxylation is 1. The molecule has 2 aromatic carbocycles. The van der Waals surface area contributed by atoms with Gasteiger partial charge in [-0.05, 0) is 73.1 Å². The van der Waals surface area contributed by atoms with E-state index in [0.29, 0.717) is 17.9 Å². The van der Waals surface area contributed by atoms with Gasteiger partial charge in [0.1, 0.15) is 5.82 Å². The van der Waals surface area contributed by atoms with Crippen molar-refractivity contribution in [2.75, 3.05) is 26.7 Å². The first-order valence-electron chi connectivity index (χ1n) is 11.9. The lowest BCUT2D eigenvalue weighted by atomic mass is 9.97. The van der Waals surface area contributed by atoms with Crippen LogP contribution in [0.25, 0.3) is 11.0 Å². The molecule has 2 heterocycles. The summed E-state index contributed by atoms with van der Waals surface area (Å²) in [6.45, 7) is 9.89. The first-order valence-corrected chi connectivity index (χ1v) is 12.7. The summed E-state index contributed by atoms with van der Waals surface area (Å²) in [4.78, 5) is 7.67. The molecule has 3 atom stereocenters. The molecule has 0 N–H and O–H groups in total. The fourth-order valence-corrected chi connectivity index (χ4v) is 6.22. The molecule has 0 bridgehead atoms. The Hall–Kier alpha value is -1.69. The van der Waals surface area contributed by atoms with Crippen LogP contribution in [-0.4, -0.2) is 47.3 Å². The Bertz CT molecular complexity index is 1120. The van der Waals surface area contributed by atoms with Gasteiger partial charge in [-0.1, -0.05) is 41.9 Å². The summed E-state index contributed by atoms with van der Waals surface area (Å²) in [6.07, 6.45) is 3.67. The van der Waals surface area contributed by atoms with E-state index in [4.69, 9.17) is 9.72 Å². The molecule has 1 aromatic heterocycles. The van der Waals surface area contributed by atoms with Gasteiger partial charge in [0.2, 0.25) is 0 Å². The number of nitrogens with zero attached hydrogens (tertiary/aromatic N) is 3. The smallest absolute Gasteiger partial charge is 0.112 e. The summed E-state index contributed by atoms with van der Waals surface area (Å²) in [7, 11) is 1.88. The van der Waals surface area contributed by atoms with Crippen molar-refractivity contribution in [3.63, 3.8) is 0 Å². The molecular weight excluding hydrogens is 462 g/mol. The Morgan fingerprint density at radius 1 is 1.12 bits per heavy atom. The lowest BCUT2D eigenvalue weighted by Crippen LogP contribution is -2.47. The van der Waals surface area contributed by atoms with E-state index in [1.807, 2.05) is 7.11 Å². The monoisotopic (exact) mass is 495 g/mol. The molecule has 3 aromatic rings. The molecule has 2 aliphatic rings. The molecule has 1 saturated heterocycles. The molecule has 1 fully saturated rings. The minimum atomic E-state index is 0.179. The molecule has 32 heavy (non-hydrogen) atoms. The molecule has 5 heteroatoms. The fourth-order valence-electron chi connectivity index (χ4n) is 5.82. The highest BCUT2D eigenvalue weighted by Crippen LogP contribution is 2.35. The average molecular weight is 496 g/mol. The summed E-state index contributed by atoms with van der Waals surface area (Å²) in [5.74, 6) is 2.27. The zero-order valence-electron chi connectivity index (χ0n) is 19.6. The van der Waals surface area contributed by atoms with E-state index < -0.39 is 0 Å². The second-order valence-corrected chi connectivity index (χ2v) is 11.0. The third kappa shape index (κ3) is 4.15. The van der Waals surface area contributed by atoms with Crippen molar-refractivity contribution in [2.24, 2.45) is 5.92 Å². The summed E-state index contributed by atoms with van der Waals surface area (Å²) in [5, 5.41) is 0. The van der Waals surface area contributed by atoms with Crippen LogP contribution in [0.15, 0.2) is 40.9 Å². The van der Waals surface area contributed by atoms with Crippen molar-refractivity contribution in [2.45, 2.75) is 58.1 Å². The maximum absolute atomic E-state index is 6.11. The van der Waals surface area contributed by atoms with Crippen molar-refractivity contribution in [1.82, 2.24) is 14.5 Å². The van der Waals surface area contributed by atoms with E-state index in [0.717, 1.165) is 31.6 Å². The Morgan fingerprint density at radius 2 is 1.94 bits per heavy atom. The quantitative estimate of drug-likeness (QED) is 0.440. The number of ether oxygens (including phenoxy) is 1. The molecule has 0 radical (unpaired) electrons. The van der Waals surface area contributed by atoms with Crippen molar-refractivity contribution in [3.05, 3.63) is 63.4 Å². The summed E-state index contributed by atoms with van der Waals surface area (Å²) >= 11 is 3.63. The van der Waals surface area contributed by atoms with Crippen LogP contribution in [0.1, 0.15) is 54.7 Å². The minimum absolute atomic E-state index is 0.179. The number of imidazole rings is 1. The van der Waals surface area contributed by atoms with Crippen LogP contribution in [0.4, 0.5) is 0 Å². The van der Waals surface area contributed by atoms with Gasteiger partial charge in [-0.15, -0.1) is 0 Å². The number of aromatic nitrogens is 2. The molecule has 4 nitrogen and oxygen atoms in total. The molecule has 0 amide bonds. The standard InChI is InChI=1S/C27H34BrN3O/c1-17(2)27-29-23-11-18(3)5-8-24(23)31(27)25-9-10-30(16-26(25)32-4)15-19-12-20-6-7-22(28)14-21(20)13-19/h5-8,11,14,17,19,25-26H,9-10,12-13,15-16H2,1-4H3/t19?,25-,26-/m0/s1. The Labute approximate surface area is 200 Å². The van der Waals surface area contributed by atoms with Gasteiger partial charge >= 0.3 is 0 Å². The second-order valence-electron chi connectivity index (χ2n) is 10.1. The third-order valence-electron chi connectivity index (χ3n) is 7.33. The highest BCUT2D eigenvalue weighted by Gasteiger charge is 2.35. The largest absolute Gasteiger partial charge is 0.378 e. The van der Waals surface area contributed by atoms with Gasteiger partial charge in [0.15, 0.2) is 0 Å². The number of likely N-dealkylation sites (tertiary alicyclic amines) is 1. The molecule has 0 saturated carbocycles. The number of methoxy groups -OCH3 is 1. The normalized spacial score (nSPS) is 23.9. The van der Waals surface area contributed by atoms with E-state index in [-0.39, 0.29) is 6.10 Å². The van der Waals surface area contributed by atoms with E-state index in [1.165, 1.54) is 45.3 Å². The second kappa shape index (κ2) is 8.92. The van der Waals surface area contributed by atoms with E-state index in [9.17, 15) is 0 Å². The predicted molar refractivity (Wildman–Crippen MR) is 134 cm³/mol. The van der Waals surface area contributed by atoms with E-state index in [1.54, 1.807) is 0 Å². The van der Waals surface area contributed by atoms with Crippen molar-refractivity contribution in [3.8, 4) is 0 Å². The van der Waals surface area contributed by atoms with Gasteiger partial charge in [-0.25, -0.2) is 4.98 Å². The number of hydrogen-bond donors (Lipinski definition) is 0. The van der Waals surface area contributed by atoms with Crippen LogP contribution >= 0.6 is 15.9 Å². The van der Waals surface area contributed by atoms with E-state index >= 15 is 0 Å². The summed E-state index contributed by atoms with van der Waals surface area (Å²) < 4.78 is 9.80. The van der Waals surface area contributed by atoms with Crippen molar-refractivity contribution in [1.29, 1.82) is 0 Å². The van der Waals surface area contributed by atoms with Crippen molar-refractivity contribution >= 4 is 27.0 Å². The van der Waals surface area contributed by atoms with Gasteiger partial charge in [-0.2, -0.15) is 0 Å². The van der Waals surface area contributed by atoms with Gasteiger partial charge < -0.3 is 14.2 Å². The first-order chi connectivity index (χ1) is 15.4. The molecule has 1 aliphatic carbocycles. The van der Waals surface area contributed by atoms with Crippen LogP contribution in [0.3, 0.4) is 0 Å². The molecule has 170 valence electrons. The molecular formula is C27H34BrN3O. The minimum Gasteiger partial charge on any atom is -0.378 e. The fraction of sp³-hybridized carbons (Fsp3) is 0.519. The summed E-state index contributed by atoms with van der Waals surface area (Å²) in [6, 6.07) is 13.8.